The van der Waals surface area contributed by atoms with E-state index >= 15 is 0 Å². The lowest BCUT2D eigenvalue weighted by atomic mass is 9.77. The summed E-state index contributed by atoms with van der Waals surface area (Å²) < 4.78 is 11.9. The molecule has 0 radical (unpaired) electrons. The van der Waals surface area contributed by atoms with E-state index in [9.17, 15) is 0 Å². The largest absolute Gasteiger partial charge is 0.497 e. The summed E-state index contributed by atoms with van der Waals surface area (Å²) in [6.07, 6.45) is 1.91. The summed E-state index contributed by atoms with van der Waals surface area (Å²) in [5.41, 5.74) is 4.37. The standard InChI is InChI=1S/C22H24N2O2.C2H6/c1-14-8-6-7-9-17(14)20-15(2)26-22(13-23-20)21(3,4)18-12-16(25-5)10-11-19(18)24-22;1-2/h6-13,24H,1-5H3;1-2H3. The predicted molar refractivity (Wildman–Crippen MR) is 117 cm³/mol. The number of fused-ring (bicyclic) bond motifs is 1. The monoisotopic (exact) mass is 378 g/mol. The molecule has 0 fully saturated rings. The summed E-state index contributed by atoms with van der Waals surface area (Å²) in [6, 6.07) is 14.3. The average Bonchev–Trinajstić information content (AvgIpc) is 2.90. The first-order valence-corrected chi connectivity index (χ1v) is 9.86. The highest BCUT2D eigenvalue weighted by Gasteiger charge is 2.55. The van der Waals surface area contributed by atoms with Crippen molar-refractivity contribution in [1.82, 2.24) is 0 Å². The molecule has 1 spiro atoms. The number of rotatable bonds is 2. The van der Waals surface area contributed by atoms with Crippen molar-refractivity contribution in [1.29, 1.82) is 0 Å². The van der Waals surface area contributed by atoms with Gasteiger partial charge in [-0.25, -0.2) is 0 Å². The lowest BCUT2D eigenvalue weighted by Gasteiger charge is -2.41. The third-order valence-corrected chi connectivity index (χ3v) is 5.57. The molecule has 0 aliphatic carbocycles. The van der Waals surface area contributed by atoms with E-state index in [1.165, 1.54) is 5.56 Å². The first-order chi connectivity index (χ1) is 13.4. The van der Waals surface area contributed by atoms with E-state index in [1.54, 1.807) is 7.11 Å². The van der Waals surface area contributed by atoms with E-state index in [2.05, 4.69) is 44.3 Å². The average molecular weight is 379 g/mol. The SMILES string of the molecule is CC.COc1ccc2c(c1)C(C)(C)C1(C=NC(c3ccccc3C)=C(C)O1)N2. The Balaban J connectivity index is 0.00000109. The molecule has 0 aromatic heterocycles. The summed E-state index contributed by atoms with van der Waals surface area (Å²) in [7, 11) is 1.69. The molecule has 2 aromatic rings. The zero-order chi connectivity index (χ0) is 20.5. The van der Waals surface area contributed by atoms with Gasteiger partial charge in [-0.05, 0) is 57.0 Å². The maximum absolute atomic E-state index is 6.51. The minimum absolute atomic E-state index is 0.307. The molecular formula is C24H30N2O2. The van der Waals surface area contributed by atoms with Crippen LogP contribution >= 0.6 is 0 Å². The molecule has 1 unspecified atom stereocenters. The zero-order valence-electron chi connectivity index (χ0n) is 17.9. The first kappa shape index (κ1) is 20.0. The van der Waals surface area contributed by atoms with Crippen molar-refractivity contribution in [2.24, 2.45) is 4.99 Å². The number of ether oxygens (including phenoxy) is 2. The molecule has 0 saturated heterocycles. The molecule has 4 nitrogen and oxygen atoms in total. The number of nitrogens with one attached hydrogen (secondary N) is 1. The fraction of sp³-hybridized carbons (Fsp3) is 0.375. The number of benzene rings is 2. The number of anilines is 1. The number of aliphatic imine (C=N–C) groups is 1. The number of hydrogen-bond donors (Lipinski definition) is 1. The fourth-order valence-corrected chi connectivity index (χ4v) is 3.84. The van der Waals surface area contributed by atoms with Crippen LogP contribution in [0.3, 0.4) is 0 Å². The number of allylic oxidation sites excluding steroid dienone is 1. The second-order valence-corrected chi connectivity index (χ2v) is 7.48. The molecule has 2 aromatic carbocycles. The minimum Gasteiger partial charge on any atom is -0.497 e. The van der Waals surface area contributed by atoms with E-state index in [-0.39, 0.29) is 5.41 Å². The van der Waals surface area contributed by atoms with Crippen LogP contribution in [0.5, 0.6) is 5.75 Å². The molecule has 2 aliphatic heterocycles. The molecule has 0 amide bonds. The minimum atomic E-state index is -0.710. The van der Waals surface area contributed by atoms with Crippen molar-refractivity contribution in [3.8, 4) is 5.75 Å². The molecule has 4 heteroatoms. The van der Waals surface area contributed by atoms with Gasteiger partial charge in [0.1, 0.15) is 17.2 Å². The van der Waals surface area contributed by atoms with Crippen molar-refractivity contribution in [3.05, 3.63) is 64.9 Å². The Morgan fingerprint density at radius 3 is 2.39 bits per heavy atom. The molecular weight excluding hydrogens is 348 g/mol. The van der Waals surface area contributed by atoms with Crippen LogP contribution < -0.4 is 10.1 Å². The van der Waals surface area contributed by atoms with E-state index in [0.717, 1.165) is 34.0 Å². The number of hydrogen-bond acceptors (Lipinski definition) is 4. The molecule has 2 heterocycles. The van der Waals surface area contributed by atoms with Gasteiger partial charge in [-0.1, -0.05) is 38.1 Å². The van der Waals surface area contributed by atoms with Gasteiger partial charge in [0.15, 0.2) is 0 Å². The number of nitrogens with zero attached hydrogens (tertiary/aromatic N) is 1. The van der Waals surface area contributed by atoms with Gasteiger partial charge in [0.2, 0.25) is 5.72 Å². The van der Waals surface area contributed by atoms with Crippen LogP contribution in [0.2, 0.25) is 0 Å². The Morgan fingerprint density at radius 2 is 1.75 bits per heavy atom. The van der Waals surface area contributed by atoms with Crippen molar-refractivity contribution in [2.75, 3.05) is 12.4 Å². The normalized spacial score (nSPS) is 21.4. The Labute approximate surface area is 168 Å². The van der Waals surface area contributed by atoms with Gasteiger partial charge in [-0.2, -0.15) is 0 Å². The molecule has 4 rings (SSSR count). The Bertz CT molecular complexity index is 943. The van der Waals surface area contributed by atoms with Crippen LogP contribution in [0.1, 0.15) is 51.3 Å². The Kier molecular flexibility index (Phi) is 5.24. The topological polar surface area (TPSA) is 42.9 Å². The molecule has 1 N–H and O–H groups in total. The van der Waals surface area contributed by atoms with Gasteiger partial charge >= 0.3 is 0 Å². The smallest absolute Gasteiger partial charge is 0.226 e. The number of methoxy groups -OCH3 is 1. The highest BCUT2D eigenvalue weighted by molar-refractivity contribution is 5.89. The second-order valence-electron chi connectivity index (χ2n) is 7.48. The van der Waals surface area contributed by atoms with Gasteiger partial charge < -0.3 is 14.8 Å². The van der Waals surface area contributed by atoms with Crippen molar-refractivity contribution < 1.29 is 9.47 Å². The molecule has 1 atom stereocenters. The van der Waals surface area contributed by atoms with Crippen LogP contribution in [0, 0.1) is 6.92 Å². The highest BCUT2D eigenvalue weighted by atomic mass is 16.5. The van der Waals surface area contributed by atoms with Gasteiger partial charge in [0.25, 0.3) is 0 Å². The van der Waals surface area contributed by atoms with E-state index in [4.69, 9.17) is 14.5 Å². The fourth-order valence-electron chi connectivity index (χ4n) is 3.84. The Hall–Kier alpha value is -2.75. The van der Waals surface area contributed by atoms with Gasteiger partial charge in [0, 0.05) is 11.3 Å². The van der Waals surface area contributed by atoms with Gasteiger partial charge in [-0.3, -0.25) is 4.99 Å². The summed E-state index contributed by atoms with van der Waals surface area (Å²) in [6.45, 7) is 12.4. The zero-order valence-corrected chi connectivity index (χ0v) is 17.9. The van der Waals surface area contributed by atoms with Gasteiger partial charge in [0.05, 0.1) is 18.7 Å². The molecule has 0 saturated carbocycles. The van der Waals surface area contributed by atoms with Crippen LogP contribution in [-0.2, 0) is 10.2 Å². The Morgan fingerprint density at radius 1 is 1.04 bits per heavy atom. The van der Waals surface area contributed by atoms with E-state index in [0.29, 0.717) is 0 Å². The lowest BCUT2D eigenvalue weighted by Crippen LogP contribution is -2.53. The first-order valence-electron chi connectivity index (χ1n) is 9.86. The maximum atomic E-state index is 6.51. The predicted octanol–water partition coefficient (Wildman–Crippen LogP) is 5.92. The summed E-state index contributed by atoms with van der Waals surface area (Å²) in [5.74, 6) is 1.67. The van der Waals surface area contributed by atoms with Gasteiger partial charge in [-0.15, -0.1) is 0 Å². The van der Waals surface area contributed by atoms with Crippen LogP contribution in [-0.4, -0.2) is 19.0 Å². The summed E-state index contributed by atoms with van der Waals surface area (Å²) in [4.78, 5) is 4.83. The highest BCUT2D eigenvalue weighted by Crippen LogP contribution is 2.50. The summed E-state index contributed by atoms with van der Waals surface area (Å²) in [5, 5.41) is 3.55. The second kappa shape index (κ2) is 7.34. The molecule has 148 valence electrons. The third-order valence-electron chi connectivity index (χ3n) is 5.57. The summed E-state index contributed by atoms with van der Waals surface area (Å²) >= 11 is 0. The van der Waals surface area contributed by atoms with Crippen molar-refractivity contribution in [3.63, 3.8) is 0 Å². The van der Waals surface area contributed by atoms with Crippen molar-refractivity contribution >= 4 is 17.6 Å². The molecule has 28 heavy (non-hydrogen) atoms. The van der Waals surface area contributed by atoms with Crippen LogP contribution in [0.15, 0.2) is 53.2 Å². The maximum Gasteiger partial charge on any atom is 0.226 e. The number of aryl methyl sites for hydroxylation is 1. The van der Waals surface area contributed by atoms with E-state index < -0.39 is 5.72 Å². The van der Waals surface area contributed by atoms with Crippen LogP contribution in [0.4, 0.5) is 5.69 Å². The molecule has 0 bridgehead atoms. The van der Waals surface area contributed by atoms with E-state index in [1.807, 2.05) is 51.3 Å². The molecule has 2 aliphatic rings. The van der Waals surface area contributed by atoms with Crippen molar-refractivity contribution in [2.45, 2.75) is 52.7 Å². The third kappa shape index (κ3) is 2.97. The lowest BCUT2D eigenvalue weighted by molar-refractivity contribution is 0.0394. The van der Waals surface area contributed by atoms with Crippen LogP contribution in [0.25, 0.3) is 5.70 Å². The quantitative estimate of drug-likeness (QED) is 0.705.